The number of hydrogen-bond donors (Lipinski definition) is 7. The number of carbonyl (C=O) groups excluding carboxylic acids is 2. The maximum absolute atomic E-state index is 13.3. The topological polar surface area (TPSA) is 203 Å². The summed E-state index contributed by atoms with van der Waals surface area (Å²) in [6.07, 6.45) is -4.91. The molecule has 12 nitrogen and oxygen atoms in total. The maximum Gasteiger partial charge on any atom is 0.336 e. The van der Waals surface area contributed by atoms with Gasteiger partial charge in [0.25, 0.3) is 0 Å². The highest BCUT2D eigenvalue weighted by atomic mass is 16.7. The Morgan fingerprint density at radius 2 is 1.64 bits per heavy atom. The number of carbonyl (C=O) groups is 2. The Balaban J connectivity index is 1.10. The second-order valence-electron chi connectivity index (χ2n) is 15.8. The predicted octanol–water partition coefficient (Wildman–Crippen LogP) is -0.136. The Hall–Kier alpha value is -1.48. The molecule has 2 aliphatic heterocycles. The van der Waals surface area contributed by atoms with Crippen molar-refractivity contribution in [3.05, 3.63) is 11.1 Å². The average molecular weight is 637 g/mol. The molecule has 7 N–H and O–H groups in total. The molecule has 6 fully saturated rings. The molecule has 15 atom stereocenters. The summed E-state index contributed by atoms with van der Waals surface area (Å²) in [4.78, 5) is 26.5. The molecular weight excluding hydrogens is 588 g/mol. The van der Waals surface area contributed by atoms with Crippen LogP contribution in [0.1, 0.15) is 79.1 Å². The first-order chi connectivity index (χ1) is 21.0. The summed E-state index contributed by atoms with van der Waals surface area (Å²) in [7, 11) is 0. The summed E-state index contributed by atoms with van der Waals surface area (Å²) >= 11 is 0. The van der Waals surface area contributed by atoms with Gasteiger partial charge in [0.05, 0.1) is 30.5 Å². The highest BCUT2D eigenvalue weighted by Crippen LogP contribution is 2.93. The van der Waals surface area contributed by atoms with Gasteiger partial charge >= 0.3 is 5.97 Å². The van der Waals surface area contributed by atoms with E-state index < -0.39 is 94.3 Å². The Morgan fingerprint density at radius 1 is 0.956 bits per heavy atom. The number of cyclic esters (lactones) is 1. The summed E-state index contributed by atoms with van der Waals surface area (Å²) in [5.74, 6) is -1.02. The summed E-state index contributed by atoms with van der Waals surface area (Å²) < 4.78 is 16.9. The smallest absolute Gasteiger partial charge is 0.336 e. The van der Waals surface area contributed by atoms with Crippen LogP contribution in [0, 0.1) is 33.5 Å². The fourth-order valence-corrected chi connectivity index (χ4v) is 12.5. The Morgan fingerprint density at radius 3 is 2.27 bits per heavy atom. The number of fused-ring (bicyclic) bond motifs is 2. The van der Waals surface area contributed by atoms with Crippen molar-refractivity contribution in [1.29, 1.82) is 0 Å². The molecule has 2 spiro atoms. The number of Topliss-reactive ketones (excluding diaryl/α,β-unsaturated/α-hetero) is 1. The zero-order chi connectivity index (χ0) is 32.7. The molecule has 1 saturated heterocycles. The molecule has 252 valence electrons. The number of rotatable bonds is 6. The summed E-state index contributed by atoms with van der Waals surface area (Å²) in [5.41, 5.74) is -4.47. The fourth-order valence-electron chi connectivity index (χ4n) is 12.5. The molecule has 0 bridgehead atoms. The van der Waals surface area contributed by atoms with Gasteiger partial charge < -0.3 is 50.0 Å². The normalized spacial score (nSPS) is 55.0. The molecule has 0 amide bonds. The van der Waals surface area contributed by atoms with Gasteiger partial charge in [0.15, 0.2) is 6.29 Å². The summed E-state index contributed by atoms with van der Waals surface area (Å²) in [5, 5.41) is 76.2. The molecule has 15 unspecified atom stereocenters. The number of ketones is 1. The second kappa shape index (κ2) is 9.79. The van der Waals surface area contributed by atoms with Crippen molar-refractivity contribution in [2.45, 2.75) is 133 Å². The first kappa shape index (κ1) is 32.1. The van der Waals surface area contributed by atoms with Crippen LogP contribution < -0.4 is 0 Å². The van der Waals surface area contributed by atoms with Gasteiger partial charge in [-0.05, 0) is 64.2 Å². The standard InChI is InChI=1S/C33H48O12/c1-15-11-22(45-26(40)16(15)14-43-27-25(39)24(38)23(37)17(13-34)44-27)30(4,41)18-6-8-33(42)28(18,2)7-5-19-29(3)20(35)12-21(36)32(29)10-9-31(19,32)33/h17-19,21-25,27,34,36-39,41-42H,5-14H2,1-4H3. The van der Waals surface area contributed by atoms with Gasteiger partial charge in [0.1, 0.15) is 41.9 Å². The van der Waals surface area contributed by atoms with E-state index >= 15 is 0 Å². The highest BCUT2D eigenvalue weighted by molar-refractivity contribution is 5.92. The number of aliphatic hydroxyl groups excluding tert-OH is 5. The lowest BCUT2D eigenvalue weighted by Gasteiger charge is -2.86. The van der Waals surface area contributed by atoms with E-state index in [4.69, 9.17) is 14.2 Å². The third-order valence-electron chi connectivity index (χ3n) is 14.8. The number of ether oxygens (including phenoxy) is 3. The zero-order valence-electron chi connectivity index (χ0n) is 26.4. The first-order valence-electron chi connectivity index (χ1n) is 16.5. The van der Waals surface area contributed by atoms with E-state index in [1.165, 1.54) is 0 Å². The van der Waals surface area contributed by atoms with Crippen molar-refractivity contribution in [1.82, 2.24) is 0 Å². The third-order valence-corrected chi connectivity index (χ3v) is 14.8. The van der Waals surface area contributed by atoms with Crippen LogP contribution in [-0.2, 0) is 23.8 Å². The Bertz CT molecular complexity index is 1330. The SMILES string of the molecule is CC1=C(COC2OC(CO)C(O)C(O)C2O)C(=O)OC(C(C)(O)C2CCC3(O)C2(C)CCC2C4(C)C(=O)CC(O)C45CCC235)C1. The van der Waals surface area contributed by atoms with Crippen molar-refractivity contribution in [3.8, 4) is 0 Å². The lowest BCUT2D eigenvalue weighted by molar-refractivity contribution is -0.429. The minimum absolute atomic E-state index is 0.00545. The van der Waals surface area contributed by atoms with Gasteiger partial charge in [-0.25, -0.2) is 4.79 Å². The van der Waals surface area contributed by atoms with E-state index in [-0.39, 0.29) is 36.7 Å². The van der Waals surface area contributed by atoms with Crippen molar-refractivity contribution < 1.29 is 59.5 Å². The zero-order valence-corrected chi connectivity index (χ0v) is 26.4. The van der Waals surface area contributed by atoms with Crippen LogP contribution in [0.3, 0.4) is 0 Å². The van der Waals surface area contributed by atoms with E-state index in [0.717, 1.165) is 12.8 Å². The van der Waals surface area contributed by atoms with Crippen LogP contribution in [0.5, 0.6) is 0 Å². The highest BCUT2D eigenvalue weighted by Gasteiger charge is 2.95. The molecule has 12 heteroatoms. The molecule has 0 aromatic rings. The molecule has 5 saturated carbocycles. The van der Waals surface area contributed by atoms with Crippen LogP contribution in [-0.4, -0.2) is 115 Å². The van der Waals surface area contributed by atoms with Crippen molar-refractivity contribution in [2.24, 2.45) is 33.5 Å². The van der Waals surface area contributed by atoms with E-state index in [1.807, 2.05) is 13.8 Å². The minimum atomic E-state index is -1.62. The van der Waals surface area contributed by atoms with Gasteiger partial charge in [-0.3, -0.25) is 4.79 Å². The van der Waals surface area contributed by atoms with E-state index in [9.17, 15) is 45.3 Å². The summed E-state index contributed by atoms with van der Waals surface area (Å²) in [6.45, 7) is 6.50. The van der Waals surface area contributed by atoms with Crippen molar-refractivity contribution in [2.75, 3.05) is 13.2 Å². The predicted molar refractivity (Wildman–Crippen MR) is 154 cm³/mol. The molecule has 5 aliphatic carbocycles. The molecule has 7 rings (SSSR count). The van der Waals surface area contributed by atoms with E-state index in [0.29, 0.717) is 31.3 Å². The number of hydrogen-bond acceptors (Lipinski definition) is 12. The maximum atomic E-state index is 13.3. The minimum Gasteiger partial charge on any atom is -0.456 e. The van der Waals surface area contributed by atoms with Gasteiger partial charge in [0.2, 0.25) is 0 Å². The number of esters is 1. The lowest BCUT2D eigenvalue weighted by atomic mass is 9.17. The molecule has 0 aromatic heterocycles. The fraction of sp³-hybridized carbons (Fsp3) is 0.879. The molecule has 45 heavy (non-hydrogen) atoms. The molecular formula is C33H48O12. The Kier molecular flexibility index (Phi) is 6.98. The van der Waals surface area contributed by atoms with Crippen LogP contribution >= 0.6 is 0 Å². The monoisotopic (exact) mass is 636 g/mol. The largest absolute Gasteiger partial charge is 0.456 e. The third kappa shape index (κ3) is 3.44. The van der Waals surface area contributed by atoms with Gasteiger partial charge in [-0.15, -0.1) is 0 Å². The van der Waals surface area contributed by atoms with Gasteiger partial charge in [-0.1, -0.05) is 19.4 Å². The van der Waals surface area contributed by atoms with Crippen molar-refractivity contribution >= 4 is 11.8 Å². The molecule has 0 aromatic carbocycles. The Labute approximate surface area is 262 Å². The van der Waals surface area contributed by atoms with Crippen LogP contribution in [0.2, 0.25) is 0 Å². The van der Waals surface area contributed by atoms with Crippen LogP contribution in [0.25, 0.3) is 0 Å². The van der Waals surface area contributed by atoms with Crippen molar-refractivity contribution in [3.63, 3.8) is 0 Å². The molecule has 2 heterocycles. The molecule has 7 aliphatic rings. The van der Waals surface area contributed by atoms with E-state index in [2.05, 4.69) is 0 Å². The second-order valence-corrected chi connectivity index (χ2v) is 15.8. The van der Waals surface area contributed by atoms with Gasteiger partial charge in [0, 0.05) is 34.5 Å². The van der Waals surface area contributed by atoms with Crippen LogP contribution in [0.15, 0.2) is 11.1 Å². The quantitative estimate of drug-likeness (QED) is 0.191. The first-order valence-corrected chi connectivity index (χ1v) is 16.5. The molecule has 0 radical (unpaired) electrons. The number of aliphatic hydroxyl groups is 7. The lowest BCUT2D eigenvalue weighted by Crippen LogP contribution is -2.88. The summed E-state index contributed by atoms with van der Waals surface area (Å²) in [6, 6.07) is 0. The van der Waals surface area contributed by atoms with Crippen LogP contribution in [0.4, 0.5) is 0 Å². The average Bonchev–Trinajstić information content (AvgIpc) is 3.36. The van der Waals surface area contributed by atoms with Gasteiger partial charge in [-0.2, -0.15) is 0 Å². The van der Waals surface area contributed by atoms with E-state index in [1.54, 1.807) is 13.8 Å².